The van der Waals surface area contributed by atoms with Crippen LogP contribution in [-0.2, 0) is 4.74 Å². The molecule has 0 bridgehead atoms. The number of nitrogens with zero attached hydrogens (tertiary/aromatic N) is 3. The van der Waals surface area contributed by atoms with Crippen LogP contribution in [0.3, 0.4) is 0 Å². The second-order valence-electron chi connectivity index (χ2n) is 5.78. The molecule has 1 aromatic carbocycles. The Bertz CT molecular complexity index is 727. The van der Waals surface area contributed by atoms with Gasteiger partial charge in [0.25, 0.3) is 5.91 Å². The van der Waals surface area contributed by atoms with Crippen molar-refractivity contribution < 1.29 is 14.3 Å². The summed E-state index contributed by atoms with van der Waals surface area (Å²) in [6.45, 7) is 4.14. The summed E-state index contributed by atoms with van der Waals surface area (Å²) in [6.07, 6.45) is 1.66. The second kappa shape index (κ2) is 6.49. The lowest BCUT2D eigenvalue weighted by Crippen LogP contribution is -2.38. The number of carbonyl (C=O) groups excluding carboxylic acids is 1. The van der Waals surface area contributed by atoms with Crippen molar-refractivity contribution in [3.8, 4) is 5.75 Å². The maximum absolute atomic E-state index is 12.8. The number of ether oxygens (including phenoxy) is 2. The van der Waals surface area contributed by atoms with Crippen LogP contribution in [0.2, 0.25) is 0 Å². The highest BCUT2D eigenvalue weighted by Gasteiger charge is 2.24. The largest absolute Gasteiger partial charge is 0.490 e. The molecule has 2 aliphatic heterocycles. The fraction of sp³-hybridized carbons (Fsp3) is 0.333. The summed E-state index contributed by atoms with van der Waals surface area (Å²) < 4.78 is 11.0. The third-order valence-electron chi connectivity index (χ3n) is 4.30. The molecule has 0 aliphatic carbocycles. The number of carbonyl (C=O) groups is 1. The zero-order valence-electron chi connectivity index (χ0n) is 13.4. The van der Waals surface area contributed by atoms with Gasteiger partial charge in [-0.1, -0.05) is 12.1 Å². The standard InChI is InChI=1S/C18H19N3O3/c22-18(21-9-12-24-16-4-2-1-3-15(16)21)14-5-6-17(19-13-14)20-7-10-23-11-8-20/h1-6,13H,7-12H2. The zero-order valence-corrected chi connectivity index (χ0v) is 13.4. The Kier molecular flexibility index (Phi) is 4.04. The molecule has 6 heteroatoms. The van der Waals surface area contributed by atoms with Gasteiger partial charge in [-0.05, 0) is 24.3 Å². The zero-order chi connectivity index (χ0) is 16.4. The Hall–Kier alpha value is -2.60. The van der Waals surface area contributed by atoms with Crippen LogP contribution in [0.4, 0.5) is 11.5 Å². The van der Waals surface area contributed by atoms with E-state index in [9.17, 15) is 4.79 Å². The van der Waals surface area contributed by atoms with Crippen LogP contribution in [0.15, 0.2) is 42.6 Å². The fourth-order valence-corrected chi connectivity index (χ4v) is 3.03. The van der Waals surface area contributed by atoms with E-state index in [1.165, 1.54) is 0 Å². The number of hydrogen-bond acceptors (Lipinski definition) is 5. The van der Waals surface area contributed by atoms with E-state index < -0.39 is 0 Å². The number of aromatic nitrogens is 1. The molecular formula is C18H19N3O3. The molecular weight excluding hydrogens is 306 g/mol. The van der Waals surface area contributed by atoms with Crippen LogP contribution in [-0.4, -0.2) is 50.3 Å². The van der Waals surface area contributed by atoms with Crippen LogP contribution in [0.5, 0.6) is 5.75 Å². The van der Waals surface area contributed by atoms with Crippen LogP contribution in [0.25, 0.3) is 0 Å². The lowest BCUT2D eigenvalue weighted by molar-refractivity contribution is 0.0976. The minimum Gasteiger partial charge on any atom is -0.490 e. The monoisotopic (exact) mass is 325 g/mol. The summed E-state index contributed by atoms with van der Waals surface area (Å²) >= 11 is 0. The van der Waals surface area contributed by atoms with Crippen LogP contribution in [0.1, 0.15) is 10.4 Å². The van der Waals surface area contributed by atoms with Crippen molar-refractivity contribution in [3.05, 3.63) is 48.2 Å². The van der Waals surface area contributed by atoms with E-state index in [0.717, 1.165) is 30.3 Å². The van der Waals surface area contributed by atoms with Crippen LogP contribution >= 0.6 is 0 Å². The number of anilines is 2. The molecule has 6 nitrogen and oxygen atoms in total. The van der Waals surface area contributed by atoms with Crippen molar-refractivity contribution in [2.24, 2.45) is 0 Å². The number of pyridine rings is 1. The number of fused-ring (bicyclic) bond motifs is 1. The van der Waals surface area contributed by atoms with E-state index in [0.29, 0.717) is 31.9 Å². The quantitative estimate of drug-likeness (QED) is 0.845. The van der Waals surface area contributed by atoms with Gasteiger partial charge in [0.2, 0.25) is 0 Å². The Morgan fingerprint density at radius 1 is 1.00 bits per heavy atom. The molecule has 0 N–H and O–H groups in total. The molecule has 4 rings (SSSR count). The summed E-state index contributed by atoms with van der Waals surface area (Å²) in [7, 11) is 0. The molecule has 124 valence electrons. The third-order valence-corrected chi connectivity index (χ3v) is 4.30. The first-order chi connectivity index (χ1) is 11.8. The Labute approximate surface area is 140 Å². The number of morpholine rings is 1. The first-order valence-electron chi connectivity index (χ1n) is 8.15. The van der Waals surface area contributed by atoms with Crippen molar-refractivity contribution in [2.45, 2.75) is 0 Å². The number of hydrogen-bond donors (Lipinski definition) is 0. The highest BCUT2D eigenvalue weighted by molar-refractivity contribution is 6.07. The van der Waals surface area contributed by atoms with Gasteiger partial charge in [-0.3, -0.25) is 4.79 Å². The van der Waals surface area contributed by atoms with E-state index in [1.807, 2.05) is 36.4 Å². The lowest BCUT2D eigenvalue weighted by Gasteiger charge is -2.30. The lowest BCUT2D eigenvalue weighted by atomic mass is 10.2. The summed E-state index contributed by atoms with van der Waals surface area (Å²) in [5.41, 5.74) is 1.40. The summed E-state index contributed by atoms with van der Waals surface area (Å²) in [6, 6.07) is 11.4. The maximum Gasteiger partial charge on any atom is 0.260 e. The van der Waals surface area contributed by atoms with Crippen molar-refractivity contribution in [1.29, 1.82) is 0 Å². The second-order valence-corrected chi connectivity index (χ2v) is 5.78. The molecule has 0 unspecified atom stereocenters. The normalized spacial score (nSPS) is 17.2. The predicted molar refractivity (Wildman–Crippen MR) is 90.9 cm³/mol. The van der Waals surface area contributed by atoms with Gasteiger partial charge in [0.15, 0.2) is 0 Å². The minimum atomic E-state index is -0.0493. The first-order valence-corrected chi connectivity index (χ1v) is 8.15. The van der Waals surface area contributed by atoms with E-state index in [4.69, 9.17) is 9.47 Å². The highest BCUT2D eigenvalue weighted by Crippen LogP contribution is 2.32. The molecule has 0 spiro atoms. The van der Waals surface area contributed by atoms with E-state index >= 15 is 0 Å². The number of amides is 1. The predicted octanol–water partition coefficient (Wildman–Crippen LogP) is 1.96. The van der Waals surface area contributed by atoms with Crippen molar-refractivity contribution in [2.75, 3.05) is 49.3 Å². The first kappa shape index (κ1) is 15.0. The molecule has 1 amide bonds. The number of para-hydroxylation sites is 2. The number of rotatable bonds is 2. The topological polar surface area (TPSA) is 54.9 Å². The van der Waals surface area contributed by atoms with E-state index in [2.05, 4.69) is 9.88 Å². The molecule has 0 saturated carbocycles. The SMILES string of the molecule is O=C(c1ccc(N2CCOCC2)nc1)N1CCOc2ccccc21. The van der Waals surface area contributed by atoms with Crippen LogP contribution in [0, 0.1) is 0 Å². The molecule has 2 aromatic rings. The molecule has 1 saturated heterocycles. The molecule has 2 aliphatic rings. The molecule has 24 heavy (non-hydrogen) atoms. The van der Waals surface area contributed by atoms with Gasteiger partial charge < -0.3 is 19.3 Å². The average Bonchev–Trinajstić information content (AvgIpc) is 2.68. The Morgan fingerprint density at radius 3 is 2.62 bits per heavy atom. The van der Waals surface area contributed by atoms with Gasteiger partial charge in [-0.25, -0.2) is 4.98 Å². The molecule has 0 atom stereocenters. The van der Waals surface area contributed by atoms with Gasteiger partial charge in [-0.2, -0.15) is 0 Å². The average molecular weight is 325 g/mol. The molecule has 1 fully saturated rings. The number of benzene rings is 1. The maximum atomic E-state index is 12.8. The molecule has 3 heterocycles. The van der Waals surface area contributed by atoms with Crippen molar-refractivity contribution >= 4 is 17.4 Å². The van der Waals surface area contributed by atoms with Crippen molar-refractivity contribution in [1.82, 2.24) is 4.98 Å². The third kappa shape index (κ3) is 2.80. The molecule has 1 aromatic heterocycles. The summed E-state index contributed by atoms with van der Waals surface area (Å²) in [5, 5.41) is 0. The summed E-state index contributed by atoms with van der Waals surface area (Å²) in [5.74, 6) is 1.58. The fourth-order valence-electron chi connectivity index (χ4n) is 3.03. The smallest absolute Gasteiger partial charge is 0.260 e. The minimum absolute atomic E-state index is 0.0493. The Balaban J connectivity index is 1.55. The van der Waals surface area contributed by atoms with Gasteiger partial charge in [-0.15, -0.1) is 0 Å². The molecule has 0 radical (unpaired) electrons. The van der Waals surface area contributed by atoms with Gasteiger partial charge in [0, 0.05) is 19.3 Å². The van der Waals surface area contributed by atoms with Gasteiger partial charge >= 0.3 is 0 Å². The van der Waals surface area contributed by atoms with Gasteiger partial charge in [0.1, 0.15) is 18.2 Å². The van der Waals surface area contributed by atoms with Gasteiger partial charge in [0.05, 0.1) is 31.0 Å². The van der Waals surface area contributed by atoms with Crippen LogP contribution < -0.4 is 14.5 Å². The van der Waals surface area contributed by atoms with Crippen molar-refractivity contribution in [3.63, 3.8) is 0 Å². The Morgan fingerprint density at radius 2 is 1.83 bits per heavy atom. The van der Waals surface area contributed by atoms with E-state index in [-0.39, 0.29) is 5.91 Å². The summed E-state index contributed by atoms with van der Waals surface area (Å²) in [4.78, 5) is 21.2. The van der Waals surface area contributed by atoms with E-state index in [1.54, 1.807) is 11.1 Å². The highest BCUT2D eigenvalue weighted by atomic mass is 16.5.